The standard InChI is InChI=1S/C20H29N3O3/c1-14(24)21-16-9-10-19(26-2)17(12-16)22-20(25)13-23-11-5-7-15-6-3-4-8-18(15)23/h9-10,12,15,18H,3-8,11,13H2,1-2H3,(H,21,24)(H,22,25)/p+1/t15-,18+/m1/s1. The molecule has 142 valence electrons. The van der Waals surface area contributed by atoms with E-state index in [2.05, 4.69) is 10.6 Å². The second-order valence-corrected chi connectivity index (χ2v) is 7.52. The van der Waals surface area contributed by atoms with Crippen LogP contribution in [0.2, 0.25) is 0 Å². The molecule has 3 N–H and O–H groups in total. The summed E-state index contributed by atoms with van der Waals surface area (Å²) in [6, 6.07) is 5.90. The smallest absolute Gasteiger partial charge is 0.279 e. The number of methoxy groups -OCH3 is 1. The van der Waals surface area contributed by atoms with E-state index in [1.807, 2.05) is 0 Å². The number of carbonyl (C=O) groups is 2. The van der Waals surface area contributed by atoms with Crippen molar-refractivity contribution < 1.29 is 19.2 Å². The molecule has 0 aromatic heterocycles. The van der Waals surface area contributed by atoms with Crippen LogP contribution in [0.4, 0.5) is 11.4 Å². The number of amides is 2. The molecule has 1 saturated heterocycles. The zero-order valence-electron chi connectivity index (χ0n) is 15.8. The number of quaternary nitrogens is 1. The molecular weight excluding hydrogens is 330 g/mol. The number of piperidine rings is 1. The molecule has 6 nitrogen and oxygen atoms in total. The molecule has 1 aliphatic carbocycles. The number of carbonyl (C=O) groups excluding carboxylic acids is 2. The van der Waals surface area contributed by atoms with Gasteiger partial charge in [-0.15, -0.1) is 0 Å². The molecule has 2 fully saturated rings. The monoisotopic (exact) mass is 360 g/mol. The maximum atomic E-state index is 12.7. The summed E-state index contributed by atoms with van der Waals surface area (Å²) < 4.78 is 5.35. The largest absolute Gasteiger partial charge is 0.495 e. The van der Waals surface area contributed by atoms with Crippen LogP contribution in [0.25, 0.3) is 0 Å². The first-order valence-corrected chi connectivity index (χ1v) is 9.67. The topological polar surface area (TPSA) is 71.9 Å². The SMILES string of the molecule is COc1ccc(NC(C)=O)cc1NC(=O)C[NH+]1CCC[C@H]2CCCC[C@@H]21. The average molecular weight is 360 g/mol. The molecule has 1 saturated carbocycles. The number of anilines is 2. The third kappa shape index (κ3) is 4.55. The fraction of sp³-hybridized carbons (Fsp3) is 0.600. The number of hydrogen-bond acceptors (Lipinski definition) is 3. The molecule has 0 spiro atoms. The molecule has 26 heavy (non-hydrogen) atoms. The van der Waals surface area contributed by atoms with E-state index in [1.165, 1.54) is 50.3 Å². The fourth-order valence-electron chi connectivity index (χ4n) is 4.57. The van der Waals surface area contributed by atoms with Gasteiger partial charge >= 0.3 is 0 Å². The second-order valence-electron chi connectivity index (χ2n) is 7.52. The Balaban J connectivity index is 1.66. The molecule has 0 radical (unpaired) electrons. The predicted octanol–water partition coefficient (Wildman–Crippen LogP) is 1.83. The lowest BCUT2D eigenvalue weighted by atomic mass is 9.78. The van der Waals surface area contributed by atoms with Crippen LogP contribution >= 0.6 is 0 Å². The summed E-state index contributed by atoms with van der Waals surface area (Å²) >= 11 is 0. The van der Waals surface area contributed by atoms with Crippen LogP contribution in [0, 0.1) is 5.92 Å². The van der Waals surface area contributed by atoms with Gasteiger partial charge in [0.2, 0.25) is 5.91 Å². The number of benzene rings is 1. The molecule has 2 amide bonds. The van der Waals surface area contributed by atoms with Gasteiger partial charge in [0.25, 0.3) is 5.91 Å². The summed E-state index contributed by atoms with van der Waals surface area (Å²) in [4.78, 5) is 25.4. The Kier molecular flexibility index (Phi) is 6.14. The van der Waals surface area contributed by atoms with Crippen molar-refractivity contribution in [3.8, 4) is 5.75 Å². The summed E-state index contributed by atoms with van der Waals surface area (Å²) in [5.74, 6) is 1.24. The Hall–Kier alpha value is -2.08. The van der Waals surface area contributed by atoms with Crippen LogP contribution in [0.1, 0.15) is 45.4 Å². The second kappa shape index (κ2) is 8.54. The van der Waals surface area contributed by atoms with Crippen molar-refractivity contribution in [3.05, 3.63) is 18.2 Å². The summed E-state index contributed by atoms with van der Waals surface area (Å²) in [5, 5.41) is 5.72. The lowest BCUT2D eigenvalue weighted by Gasteiger charge is -2.40. The normalized spacial score (nSPS) is 25.1. The Morgan fingerprint density at radius 2 is 1.92 bits per heavy atom. The first-order chi connectivity index (χ1) is 12.6. The molecular formula is C20H30N3O3+. The predicted molar refractivity (Wildman–Crippen MR) is 102 cm³/mol. The van der Waals surface area contributed by atoms with E-state index in [4.69, 9.17) is 4.74 Å². The number of hydrogen-bond donors (Lipinski definition) is 3. The van der Waals surface area contributed by atoms with Gasteiger partial charge in [-0.25, -0.2) is 0 Å². The van der Waals surface area contributed by atoms with E-state index in [1.54, 1.807) is 25.3 Å². The Morgan fingerprint density at radius 1 is 1.15 bits per heavy atom. The van der Waals surface area contributed by atoms with Gasteiger partial charge in [-0.1, -0.05) is 6.42 Å². The van der Waals surface area contributed by atoms with Crippen molar-refractivity contribution >= 4 is 23.2 Å². The maximum Gasteiger partial charge on any atom is 0.279 e. The van der Waals surface area contributed by atoms with Crippen LogP contribution in [0.15, 0.2) is 18.2 Å². The lowest BCUT2D eigenvalue weighted by Crippen LogP contribution is -3.18. The average Bonchev–Trinajstić information content (AvgIpc) is 2.62. The highest BCUT2D eigenvalue weighted by Crippen LogP contribution is 2.29. The summed E-state index contributed by atoms with van der Waals surface area (Å²) in [6.45, 7) is 3.04. The quantitative estimate of drug-likeness (QED) is 0.750. The minimum Gasteiger partial charge on any atom is -0.495 e. The van der Waals surface area contributed by atoms with E-state index in [0.29, 0.717) is 29.7 Å². The van der Waals surface area contributed by atoms with Crippen molar-refractivity contribution in [3.63, 3.8) is 0 Å². The summed E-state index contributed by atoms with van der Waals surface area (Å²) in [5.41, 5.74) is 1.24. The van der Waals surface area contributed by atoms with E-state index >= 15 is 0 Å². The molecule has 1 aromatic carbocycles. The number of nitrogens with one attached hydrogen (secondary N) is 3. The van der Waals surface area contributed by atoms with Gasteiger partial charge < -0.3 is 20.3 Å². The fourth-order valence-corrected chi connectivity index (χ4v) is 4.57. The zero-order chi connectivity index (χ0) is 18.5. The summed E-state index contributed by atoms with van der Waals surface area (Å²) in [6.07, 6.45) is 7.73. The lowest BCUT2D eigenvalue weighted by molar-refractivity contribution is -0.928. The Bertz CT molecular complexity index is 660. The van der Waals surface area contributed by atoms with Crippen molar-refractivity contribution in [2.24, 2.45) is 5.92 Å². The first kappa shape index (κ1) is 18.7. The van der Waals surface area contributed by atoms with Crippen molar-refractivity contribution in [2.75, 3.05) is 30.8 Å². The van der Waals surface area contributed by atoms with Gasteiger partial charge in [0.05, 0.1) is 25.4 Å². The van der Waals surface area contributed by atoms with Crippen molar-refractivity contribution in [1.82, 2.24) is 0 Å². The minimum atomic E-state index is -0.145. The van der Waals surface area contributed by atoms with E-state index < -0.39 is 0 Å². The van der Waals surface area contributed by atoms with Crippen LogP contribution in [-0.2, 0) is 9.59 Å². The van der Waals surface area contributed by atoms with Gasteiger partial charge in [0.1, 0.15) is 5.75 Å². The van der Waals surface area contributed by atoms with Crippen molar-refractivity contribution in [2.45, 2.75) is 51.5 Å². The molecule has 2 aliphatic rings. The van der Waals surface area contributed by atoms with E-state index in [-0.39, 0.29) is 11.8 Å². The number of rotatable bonds is 5. The van der Waals surface area contributed by atoms with Crippen LogP contribution < -0.4 is 20.3 Å². The third-order valence-electron chi connectivity index (χ3n) is 5.69. The number of ether oxygens (including phenoxy) is 1. The molecule has 6 heteroatoms. The number of likely N-dealkylation sites (tertiary alicyclic amines) is 1. The van der Waals surface area contributed by atoms with Crippen LogP contribution in [0.3, 0.4) is 0 Å². The Labute approximate surface area is 155 Å². The molecule has 1 unspecified atom stereocenters. The van der Waals surface area contributed by atoms with E-state index in [0.717, 1.165) is 12.5 Å². The van der Waals surface area contributed by atoms with Crippen LogP contribution in [0.5, 0.6) is 5.75 Å². The molecule has 1 heterocycles. The van der Waals surface area contributed by atoms with Gasteiger partial charge in [-0.05, 0) is 50.3 Å². The van der Waals surface area contributed by atoms with Gasteiger partial charge in [0.15, 0.2) is 6.54 Å². The highest BCUT2D eigenvalue weighted by molar-refractivity contribution is 5.95. The van der Waals surface area contributed by atoms with Crippen LogP contribution in [-0.4, -0.2) is 38.1 Å². The van der Waals surface area contributed by atoms with Gasteiger partial charge in [-0.2, -0.15) is 0 Å². The van der Waals surface area contributed by atoms with Gasteiger partial charge in [-0.3, -0.25) is 9.59 Å². The molecule has 3 rings (SSSR count). The summed E-state index contributed by atoms with van der Waals surface area (Å²) in [7, 11) is 1.57. The number of fused-ring (bicyclic) bond motifs is 1. The van der Waals surface area contributed by atoms with E-state index in [9.17, 15) is 9.59 Å². The molecule has 0 bridgehead atoms. The van der Waals surface area contributed by atoms with Gasteiger partial charge in [0, 0.05) is 18.5 Å². The third-order valence-corrected chi connectivity index (χ3v) is 5.69. The maximum absolute atomic E-state index is 12.7. The first-order valence-electron chi connectivity index (χ1n) is 9.67. The highest BCUT2D eigenvalue weighted by Gasteiger charge is 2.37. The zero-order valence-corrected chi connectivity index (χ0v) is 15.8. The highest BCUT2D eigenvalue weighted by atomic mass is 16.5. The van der Waals surface area contributed by atoms with Crippen molar-refractivity contribution in [1.29, 1.82) is 0 Å². The molecule has 1 aliphatic heterocycles. The minimum absolute atomic E-state index is 0.00417. The Morgan fingerprint density at radius 3 is 2.69 bits per heavy atom. The molecule has 3 atom stereocenters. The molecule has 1 aromatic rings.